The van der Waals surface area contributed by atoms with Gasteiger partial charge in [-0.15, -0.1) is 10.2 Å². The summed E-state index contributed by atoms with van der Waals surface area (Å²) in [5.41, 5.74) is 0. The van der Waals surface area contributed by atoms with E-state index in [1.54, 1.807) is 0 Å². The maximum Gasteiger partial charge on any atom is 0.226 e. The smallest absolute Gasteiger partial charge is 0.226 e. The molecule has 8 heteroatoms. The van der Waals surface area contributed by atoms with E-state index >= 15 is 0 Å². The van der Waals surface area contributed by atoms with E-state index in [4.69, 9.17) is 0 Å². The molecule has 1 amide bonds. The van der Waals surface area contributed by atoms with E-state index < -0.39 is 9.84 Å². The van der Waals surface area contributed by atoms with Crippen molar-refractivity contribution < 1.29 is 13.2 Å². The fourth-order valence-electron chi connectivity index (χ4n) is 1.98. The first-order valence-electron chi connectivity index (χ1n) is 6.19. The van der Waals surface area contributed by atoms with Crippen LogP contribution >= 0.6 is 11.3 Å². The quantitative estimate of drug-likeness (QED) is 0.908. The maximum absolute atomic E-state index is 11.8. The zero-order valence-corrected chi connectivity index (χ0v) is 12.6. The average Bonchev–Trinajstić information content (AvgIpc) is 2.85. The van der Waals surface area contributed by atoms with Gasteiger partial charge in [0.1, 0.15) is 5.01 Å². The zero-order valence-electron chi connectivity index (χ0n) is 10.9. The van der Waals surface area contributed by atoms with Crippen LogP contribution in [0.3, 0.4) is 0 Å². The van der Waals surface area contributed by atoms with Gasteiger partial charge in [-0.05, 0) is 12.3 Å². The lowest BCUT2D eigenvalue weighted by Gasteiger charge is -2.06. The van der Waals surface area contributed by atoms with Crippen molar-refractivity contribution in [2.24, 2.45) is 5.92 Å². The fourth-order valence-corrected chi connectivity index (χ4v) is 4.61. The van der Waals surface area contributed by atoms with Gasteiger partial charge in [-0.1, -0.05) is 25.2 Å². The number of amides is 1. The molecule has 0 unspecified atom stereocenters. The minimum Gasteiger partial charge on any atom is -0.301 e. The molecule has 0 aromatic carbocycles. The van der Waals surface area contributed by atoms with Crippen LogP contribution in [-0.4, -0.2) is 36.0 Å². The molecule has 19 heavy (non-hydrogen) atoms. The topological polar surface area (TPSA) is 89.0 Å². The van der Waals surface area contributed by atoms with Crippen LogP contribution in [0, 0.1) is 5.92 Å². The number of anilines is 1. The van der Waals surface area contributed by atoms with E-state index in [0.717, 1.165) is 5.01 Å². The lowest BCUT2D eigenvalue weighted by molar-refractivity contribution is -0.116. The number of hydrogen-bond donors (Lipinski definition) is 1. The zero-order chi connectivity index (χ0) is 14.0. The highest BCUT2D eigenvalue weighted by Gasteiger charge is 2.29. The largest absolute Gasteiger partial charge is 0.301 e. The van der Waals surface area contributed by atoms with Crippen LogP contribution < -0.4 is 5.32 Å². The molecule has 106 valence electrons. The first-order chi connectivity index (χ1) is 8.85. The number of rotatable bonds is 4. The first kappa shape index (κ1) is 14.4. The third-order valence-electron chi connectivity index (χ3n) is 2.98. The summed E-state index contributed by atoms with van der Waals surface area (Å²) in [5, 5.41) is 11.9. The molecule has 1 aliphatic rings. The predicted octanol–water partition coefficient (Wildman–Crippen LogP) is 1.42. The van der Waals surface area contributed by atoms with Crippen LogP contribution in [0.1, 0.15) is 37.6 Å². The highest BCUT2D eigenvalue weighted by molar-refractivity contribution is 7.91. The molecule has 0 bridgehead atoms. The number of carbonyl (C=O) groups excluding carboxylic acids is 1. The molecule has 0 aliphatic carbocycles. The number of aromatic nitrogens is 2. The van der Waals surface area contributed by atoms with Crippen LogP contribution in [0.5, 0.6) is 0 Å². The summed E-state index contributed by atoms with van der Waals surface area (Å²) in [4.78, 5) is 11.8. The van der Waals surface area contributed by atoms with Crippen LogP contribution in [0.25, 0.3) is 0 Å². The normalized spacial score (nSPS) is 21.7. The van der Waals surface area contributed by atoms with Gasteiger partial charge < -0.3 is 5.32 Å². The molecule has 0 radical (unpaired) electrons. The molecular weight excluding hydrogens is 286 g/mol. The molecule has 1 atom stereocenters. The number of nitrogens with zero attached hydrogens (tertiary/aromatic N) is 2. The van der Waals surface area contributed by atoms with Crippen LogP contribution in [0.2, 0.25) is 0 Å². The number of hydrogen-bond acceptors (Lipinski definition) is 6. The number of sulfone groups is 1. The standard InChI is InChI=1S/C11H17N3O3S2/c1-7(2)10-13-14-11(18-10)12-9(15)5-8-3-4-19(16,17)6-8/h7-8H,3-6H2,1-2H3,(H,12,14,15)/t8-/m0/s1. The van der Waals surface area contributed by atoms with Crippen molar-refractivity contribution in [2.45, 2.75) is 32.6 Å². The molecule has 0 saturated carbocycles. The van der Waals surface area contributed by atoms with Crippen molar-refractivity contribution in [2.75, 3.05) is 16.8 Å². The van der Waals surface area contributed by atoms with E-state index in [-0.39, 0.29) is 35.7 Å². The molecule has 1 saturated heterocycles. The third kappa shape index (κ3) is 3.97. The van der Waals surface area contributed by atoms with Gasteiger partial charge in [0.05, 0.1) is 11.5 Å². The molecule has 2 rings (SSSR count). The second kappa shape index (κ2) is 5.54. The second-order valence-electron chi connectivity index (χ2n) is 5.12. The Kier molecular flexibility index (Phi) is 4.19. The molecule has 1 aromatic rings. The average molecular weight is 303 g/mol. The highest BCUT2D eigenvalue weighted by atomic mass is 32.2. The molecule has 1 aliphatic heterocycles. The van der Waals surface area contributed by atoms with Crippen molar-refractivity contribution in [1.29, 1.82) is 0 Å². The SMILES string of the molecule is CC(C)c1nnc(NC(=O)C[C@@H]2CCS(=O)(=O)C2)s1. The van der Waals surface area contributed by atoms with Crippen molar-refractivity contribution in [3.8, 4) is 0 Å². The molecule has 0 spiro atoms. The van der Waals surface area contributed by atoms with Crippen molar-refractivity contribution in [1.82, 2.24) is 10.2 Å². The summed E-state index contributed by atoms with van der Waals surface area (Å²) < 4.78 is 22.6. The Labute approximate surface area is 116 Å². The first-order valence-corrected chi connectivity index (χ1v) is 8.83. The van der Waals surface area contributed by atoms with E-state index in [9.17, 15) is 13.2 Å². The predicted molar refractivity (Wildman–Crippen MR) is 74.0 cm³/mol. The van der Waals surface area contributed by atoms with Crippen LogP contribution in [0.4, 0.5) is 5.13 Å². The van der Waals surface area contributed by atoms with Crippen molar-refractivity contribution in [3.63, 3.8) is 0 Å². The molecular formula is C11H17N3O3S2. The molecule has 1 fully saturated rings. The van der Waals surface area contributed by atoms with Crippen LogP contribution in [-0.2, 0) is 14.6 Å². The molecule has 2 heterocycles. The van der Waals surface area contributed by atoms with Gasteiger partial charge in [-0.25, -0.2) is 8.42 Å². The van der Waals surface area contributed by atoms with E-state index in [2.05, 4.69) is 15.5 Å². The van der Waals surface area contributed by atoms with Crippen LogP contribution in [0.15, 0.2) is 0 Å². The van der Waals surface area contributed by atoms with Gasteiger partial charge in [-0.2, -0.15) is 0 Å². The van der Waals surface area contributed by atoms with Gasteiger partial charge >= 0.3 is 0 Å². The minimum atomic E-state index is -2.93. The molecule has 1 N–H and O–H groups in total. The van der Waals surface area contributed by atoms with Gasteiger partial charge in [0, 0.05) is 12.3 Å². The van der Waals surface area contributed by atoms with Gasteiger partial charge in [0.2, 0.25) is 11.0 Å². The van der Waals surface area contributed by atoms with E-state index in [0.29, 0.717) is 11.6 Å². The van der Waals surface area contributed by atoms with Gasteiger partial charge in [0.15, 0.2) is 9.84 Å². The minimum absolute atomic E-state index is 0.0671. The summed E-state index contributed by atoms with van der Waals surface area (Å²) in [6.07, 6.45) is 0.805. The Balaban J connectivity index is 1.87. The molecule has 6 nitrogen and oxygen atoms in total. The Morgan fingerprint density at radius 2 is 2.21 bits per heavy atom. The lowest BCUT2D eigenvalue weighted by Crippen LogP contribution is -2.17. The monoisotopic (exact) mass is 303 g/mol. The summed E-state index contributed by atoms with van der Waals surface area (Å²) in [6, 6.07) is 0. The Morgan fingerprint density at radius 1 is 1.47 bits per heavy atom. The highest BCUT2D eigenvalue weighted by Crippen LogP contribution is 2.24. The maximum atomic E-state index is 11.8. The Hall–Kier alpha value is -1.02. The van der Waals surface area contributed by atoms with Crippen molar-refractivity contribution in [3.05, 3.63) is 5.01 Å². The second-order valence-corrected chi connectivity index (χ2v) is 8.36. The Morgan fingerprint density at radius 3 is 2.74 bits per heavy atom. The third-order valence-corrected chi connectivity index (χ3v) is 5.96. The summed E-state index contributed by atoms with van der Waals surface area (Å²) >= 11 is 1.35. The number of nitrogens with one attached hydrogen (secondary N) is 1. The van der Waals surface area contributed by atoms with Gasteiger partial charge in [0.25, 0.3) is 0 Å². The summed E-state index contributed by atoms with van der Waals surface area (Å²) in [7, 11) is -2.93. The van der Waals surface area contributed by atoms with E-state index in [1.807, 2.05) is 13.8 Å². The summed E-state index contributed by atoms with van der Waals surface area (Å²) in [6.45, 7) is 4.02. The van der Waals surface area contributed by atoms with E-state index in [1.165, 1.54) is 11.3 Å². The Bertz CT molecular complexity index is 565. The van der Waals surface area contributed by atoms with Gasteiger partial charge in [-0.3, -0.25) is 4.79 Å². The number of carbonyl (C=O) groups is 1. The summed E-state index contributed by atoms with van der Waals surface area (Å²) in [5.74, 6) is 0.342. The van der Waals surface area contributed by atoms with Crippen molar-refractivity contribution >= 4 is 32.2 Å². The fraction of sp³-hybridized carbons (Fsp3) is 0.727. The molecule has 1 aromatic heterocycles. The lowest BCUT2D eigenvalue weighted by atomic mass is 10.1.